The van der Waals surface area contributed by atoms with Gasteiger partial charge in [-0.25, -0.2) is 4.98 Å². The standard InChI is InChI=1S/C12H20N2OS/c1-9(2)5-12-13-6-11(16-12)8-14-4-3-10(15)7-14/h6,9-10,15H,3-5,7-8H2,1-2H3/t10-/m1/s1. The van der Waals surface area contributed by atoms with E-state index in [-0.39, 0.29) is 6.10 Å². The number of nitrogens with zero attached hydrogens (tertiary/aromatic N) is 2. The van der Waals surface area contributed by atoms with Crippen molar-refractivity contribution in [1.82, 2.24) is 9.88 Å². The van der Waals surface area contributed by atoms with E-state index < -0.39 is 0 Å². The van der Waals surface area contributed by atoms with Crippen LogP contribution in [0.1, 0.15) is 30.2 Å². The first-order chi connectivity index (χ1) is 7.63. The average molecular weight is 240 g/mol. The van der Waals surface area contributed by atoms with Crippen LogP contribution < -0.4 is 0 Å². The van der Waals surface area contributed by atoms with Crippen molar-refractivity contribution < 1.29 is 5.11 Å². The molecule has 1 atom stereocenters. The minimum Gasteiger partial charge on any atom is -0.392 e. The molecule has 90 valence electrons. The molecule has 1 aromatic heterocycles. The van der Waals surface area contributed by atoms with Gasteiger partial charge in [0.15, 0.2) is 0 Å². The molecule has 0 amide bonds. The number of rotatable bonds is 4. The fourth-order valence-electron chi connectivity index (χ4n) is 2.04. The van der Waals surface area contributed by atoms with Crippen LogP contribution in [0, 0.1) is 5.92 Å². The third-order valence-electron chi connectivity index (χ3n) is 2.81. The van der Waals surface area contributed by atoms with E-state index in [1.165, 1.54) is 9.88 Å². The summed E-state index contributed by atoms with van der Waals surface area (Å²) in [5.74, 6) is 0.674. The molecular formula is C12H20N2OS. The highest BCUT2D eigenvalue weighted by Gasteiger charge is 2.20. The van der Waals surface area contributed by atoms with E-state index in [1.807, 2.05) is 17.5 Å². The molecule has 0 radical (unpaired) electrons. The zero-order valence-electron chi connectivity index (χ0n) is 10.0. The lowest BCUT2D eigenvalue weighted by Gasteiger charge is -2.12. The van der Waals surface area contributed by atoms with E-state index in [9.17, 15) is 5.11 Å². The molecule has 1 saturated heterocycles. The van der Waals surface area contributed by atoms with Crippen LogP contribution in [0.25, 0.3) is 0 Å². The normalized spacial score (nSPS) is 22.1. The molecule has 0 aromatic carbocycles. The third kappa shape index (κ3) is 3.27. The summed E-state index contributed by atoms with van der Waals surface area (Å²) >= 11 is 1.81. The first-order valence-electron chi connectivity index (χ1n) is 5.97. The van der Waals surface area contributed by atoms with Gasteiger partial charge in [0.2, 0.25) is 0 Å². The zero-order chi connectivity index (χ0) is 11.5. The monoisotopic (exact) mass is 240 g/mol. The van der Waals surface area contributed by atoms with E-state index in [4.69, 9.17) is 0 Å². The van der Waals surface area contributed by atoms with Gasteiger partial charge in [-0.05, 0) is 12.3 Å². The van der Waals surface area contributed by atoms with Crippen LogP contribution in [-0.2, 0) is 13.0 Å². The molecule has 0 spiro atoms. The minimum absolute atomic E-state index is 0.122. The van der Waals surface area contributed by atoms with Crippen molar-refractivity contribution in [3.05, 3.63) is 16.1 Å². The Hall–Kier alpha value is -0.450. The molecule has 1 aliphatic rings. The minimum atomic E-state index is -0.122. The largest absolute Gasteiger partial charge is 0.392 e. The summed E-state index contributed by atoms with van der Waals surface area (Å²) in [6, 6.07) is 0. The Bertz CT molecular complexity index is 338. The number of likely N-dealkylation sites (tertiary alicyclic amines) is 1. The number of thiazole rings is 1. The van der Waals surface area contributed by atoms with Gasteiger partial charge in [0, 0.05) is 37.1 Å². The van der Waals surface area contributed by atoms with Crippen molar-refractivity contribution in [1.29, 1.82) is 0 Å². The molecule has 1 N–H and O–H groups in total. The van der Waals surface area contributed by atoms with Crippen molar-refractivity contribution in [3.63, 3.8) is 0 Å². The molecule has 1 aromatic rings. The first kappa shape index (κ1) is 12.0. The number of aliphatic hydroxyl groups excluding tert-OH is 1. The summed E-state index contributed by atoms with van der Waals surface area (Å²) in [6.07, 6.45) is 3.86. The van der Waals surface area contributed by atoms with Crippen molar-refractivity contribution >= 4 is 11.3 Å². The second kappa shape index (κ2) is 5.25. The molecule has 1 fully saturated rings. The van der Waals surface area contributed by atoms with Crippen molar-refractivity contribution in [3.8, 4) is 0 Å². The Morgan fingerprint density at radius 2 is 2.44 bits per heavy atom. The van der Waals surface area contributed by atoms with Gasteiger partial charge in [-0.1, -0.05) is 13.8 Å². The van der Waals surface area contributed by atoms with E-state index in [1.54, 1.807) is 0 Å². The molecule has 16 heavy (non-hydrogen) atoms. The molecular weight excluding hydrogens is 220 g/mol. The maximum Gasteiger partial charge on any atom is 0.0930 e. The van der Waals surface area contributed by atoms with Crippen LogP contribution in [0.2, 0.25) is 0 Å². The number of hydrogen-bond donors (Lipinski definition) is 1. The Morgan fingerprint density at radius 1 is 1.62 bits per heavy atom. The fraction of sp³-hybridized carbons (Fsp3) is 0.750. The van der Waals surface area contributed by atoms with Crippen LogP contribution in [0.5, 0.6) is 0 Å². The third-order valence-corrected chi connectivity index (χ3v) is 3.82. The van der Waals surface area contributed by atoms with Crippen LogP contribution in [0.3, 0.4) is 0 Å². The SMILES string of the molecule is CC(C)Cc1ncc(CN2CC[C@@H](O)C2)s1. The van der Waals surface area contributed by atoms with E-state index in [0.29, 0.717) is 5.92 Å². The number of β-amino-alcohol motifs (C(OH)–C–C–N with tert-alkyl or cyclic N) is 1. The summed E-state index contributed by atoms with van der Waals surface area (Å²) in [4.78, 5) is 8.07. The van der Waals surface area contributed by atoms with Gasteiger partial charge in [0.25, 0.3) is 0 Å². The summed E-state index contributed by atoms with van der Waals surface area (Å²) in [7, 11) is 0. The van der Waals surface area contributed by atoms with Gasteiger partial charge in [-0.15, -0.1) is 11.3 Å². The van der Waals surface area contributed by atoms with Crippen LogP contribution in [0.4, 0.5) is 0 Å². The Labute approximate surface area is 101 Å². The van der Waals surface area contributed by atoms with Crippen molar-refractivity contribution in [2.45, 2.75) is 39.3 Å². The maximum absolute atomic E-state index is 9.45. The maximum atomic E-state index is 9.45. The second-order valence-electron chi connectivity index (χ2n) is 5.00. The molecule has 0 unspecified atom stereocenters. The summed E-state index contributed by atoms with van der Waals surface area (Å²) in [5.41, 5.74) is 0. The van der Waals surface area contributed by atoms with Gasteiger partial charge in [-0.3, -0.25) is 4.90 Å². The second-order valence-corrected chi connectivity index (χ2v) is 6.20. The first-order valence-corrected chi connectivity index (χ1v) is 6.79. The molecule has 1 aliphatic heterocycles. The van der Waals surface area contributed by atoms with Crippen molar-refractivity contribution in [2.24, 2.45) is 5.92 Å². The average Bonchev–Trinajstić information content (AvgIpc) is 2.76. The quantitative estimate of drug-likeness (QED) is 0.873. The van der Waals surface area contributed by atoms with Gasteiger partial charge < -0.3 is 5.11 Å². The lowest BCUT2D eigenvalue weighted by atomic mass is 10.1. The molecule has 0 aliphatic carbocycles. The summed E-state index contributed by atoms with van der Waals surface area (Å²) in [5, 5.41) is 10.7. The van der Waals surface area contributed by atoms with E-state index in [0.717, 1.165) is 32.5 Å². The summed E-state index contributed by atoms with van der Waals surface area (Å²) < 4.78 is 0. The predicted molar refractivity (Wildman–Crippen MR) is 66.6 cm³/mol. The highest BCUT2D eigenvalue weighted by atomic mass is 32.1. The summed E-state index contributed by atoms with van der Waals surface area (Å²) in [6.45, 7) is 7.22. The molecule has 2 rings (SSSR count). The Balaban J connectivity index is 1.87. The highest BCUT2D eigenvalue weighted by molar-refractivity contribution is 7.11. The molecule has 0 bridgehead atoms. The predicted octanol–water partition coefficient (Wildman–Crippen LogP) is 1.91. The molecule has 0 saturated carbocycles. The van der Waals surface area contributed by atoms with Crippen LogP contribution in [-0.4, -0.2) is 34.2 Å². The van der Waals surface area contributed by atoms with Gasteiger partial charge in [0.1, 0.15) is 0 Å². The van der Waals surface area contributed by atoms with Gasteiger partial charge in [0.05, 0.1) is 11.1 Å². The number of hydrogen-bond acceptors (Lipinski definition) is 4. The van der Waals surface area contributed by atoms with Crippen molar-refractivity contribution in [2.75, 3.05) is 13.1 Å². The van der Waals surface area contributed by atoms with E-state index >= 15 is 0 Å². The van der Waals surface area contributed by atoms with Gasteiger partial charge in [-0.2, -0.15) is 0 Å². The highest BCUT2D eigenvalue weighted by Crippen LogP contribution is 2.20. The number of aromatic nitrogens is 1. The Morgan fingerprint density at radius 3 is 3.06 bits per heavy atom. The fourth-order valence-corrected chi connectivity index (χ4v) is 3.22. The Kier molecular flexibility index (Phi) is 3.95. The zero-order valence-corrected chi connectivity index (χ0v) is 10.8. The number of aliphatic hydroxyl groups is 1. The van der Waals surface area contributed by atoms with Crippen LogP contribution >= 0.6 is 11.3 Å². The smallest absolute Gasteiger partial charge is 0.0930 e. The molecule has 2 heterocycles. The van der Waals surface area contributed by atoms with E-state index in [2.05, 4.69) is 23.7 Å². The topological polar surface area (TPSA) is 36.4 Å². The van der Waals surface area contributed by atoms with Gasteiger partial charge >= 0.3 is 0 Å². The molecule has 3 nitrogen and oxygen atoms in total. The lowest BCUT2D eigenvalue weighted by molar-refractivity contribution is 0.175. The lowest BCUT2D eigenvalue weighted by Crippen LogP contribution is -2.20. The molecule has 4 heteroatoms. The van der Waals surface area contributed by atoms with Crippen LogP contribution in [0.15, 0.2) is 6.20 Å².